The fraction of sp³-hybridized carbons (Fsp3) is 0.500. The van der Waals surface area contributed by atoms with Gasteiger partial charge in [0.15, 0.2) is 11.5 Å². The van der Waals surface area contributed by atoms with E-state index >= 15 is 0 Å². The Morgan fingerprint density at radius 3 is 1.93 bits per heavy atom. The average molecular weight is 771 g/mol. The zero-order valence-corrected chi connectivity index (χ0v) is 34.9. The zero-order valence-electron chi connectivity index (χ0n) is 34.1. The predicted molar refractivity (Wildman–Crippen MR) is 226 cm³/mol. The normalized spacial score (nSPS) is 12.0. The third-order valence-electron chi connectivity index (χ3n) is 9.76. The number of nitrogens with one attached hydrogen (secondary N) is 3. The number of aromatic amines is 1. The first-order valence-electron chi connectivity index (χ1n) is 20.2. The maximum absolute atomic E-state index is 14.2. The molecular weight excluding hydrogens is 709 g/mol. The number of H-pyrrole nitrogens is 1. The highest BCUT2D eigenvalue weighted by Crippen LogP contribution is 2.35. The van der Waals surface area contributed by atoms with E-state index in [-0.39, 0.29) is 10.3 Å². The Hall–Kier alpha value is -4.51. The van der Waals surface area contributed by atoms with Crippen molar-refractivity contribution in [1.82, 2.24) is 19.8 Å². The third kappa shape index (κ3) is 11.7. The molecule has 0 saturated carbocycles. The Kier molecular flexibility index (Phi) is 14.7. The minimum Gasteiger partial charge on any atom is -0.492 e. The molecule has 0 bridgehead atoms. The molecule has 298 valence electrons. The van der Waals surface area contributed by atoms with Gasteiger partial charge < -0.3 is 14.8 Å². The molecule has 55 heavy (non-hydrogen) atoms. The van der Waals surface area contributed by atoms with Crippen LogP contribution in [-0.4, -0.2) is 41.4 Å². The standard InChI is InChI=1S/C44H62N6O4S/c1-8-10-12-14-16-18-24-53-38-22-20-32(3)26-37(38)45-35-28-34(43-47-46-42-31-41(44(5,6)7)48-50(42)43)29-36(30-35)49-55(51,52)40-27-33(4)21-23-39(40)54-25-19-17-15-13-11-9-2/h20-23,26-31,45,48-49H,8-19,24-25H2,1-7H3. The highest BCUT2D eigenvalue weighted by molar-refractivity contribution is 7.92. The lowest BCUT2D eigenvalue weighted by Crippen LogP contribution is -2.15. The number of sulfonamides is 1. The van der Waals surface area contributed by atoms with E-state index in [4.69, 9.17) is 9.47 Å². The molecule has 2 aromatic heterocycles. The van der Waals surface area contributed by atoms with Crippen molar-refractivity contribution < 1.29 is 17.9 Å². The number of hydrogen-bond acceptors (Lipinski definition) is 7. The van der Waals surface area contributed by atoms with E-state index in [1.54, 1.807) is 24.3 Å². The number of hydrogen-bond donors (Lipinski definition) is 3. The van der Waals surface area contributed by atoms with Gasteiger partial charge in [-0.05, 0) is 80.3 Å². The predicted octanol–water partition coefficient (Wildman–Crippen LogP) is 11.7. The Balaban J connectivity index is 1.46. The SMILES string of the molecule is CCCCCCCCOc1ccc(C)cc1Nc1cc(NS(=O)(=O)c2cc(C)ccc2OCCCCCCCC)cc(-c2nnc3cc(C(C)(C)C)[nH]n23)c1. The molecule has 0 amide bonds. The molecule has 5 rings (SSSR count). The van der Waals surface area contributed by atoms with Crippen molar-refractivity contribution in [3.05, 3.63) is 77.5 Å². The van der Waals surface area contributed by atoms with E-state index in [1.165, 1.54) is 44.9 Å². The molecule has 0 aliphatic rings. The first kappa shape index (κ1) is 41.6. The van der Waals surface area contributed by atoms with Crippen LogP contribution in [0.2, 0.25) is 0 Å². The van der Waals surface area contributed by atoms with Crippen molar-refractivity contribution in [2.75, 3.05) is 23.3 Å². The summed E-state index contributed by atoms with van der Waals surface area (Å²) in [6.45, 7) is 15.8. The Morgan fingerprint density at radius 1 is 0.691 bits per heavy atom. The lowest BCUT2D eigenvalue weighted by atomic mass is 9.93. The van der Waals surface area contributed by atoms with Crippen LogP contribution in [-0.2, 0) is 15.4 Å². The van der Waals surface area contributed by atoms with Crippen LogP contribution in [0.15, 0.2) is 65.6 Å². The summed E-state index contributed by atoms with van der Waals surface area (Å²) < 4.78 is 45.6. The van der Waals surface area contributed by atoms with Crippen LogP contribution in [0.3, 0.4) is 0 Å². The maximum atomic E-state index is 14.2. The molecule has 0 atom stereocenters. The summed E-state index contributed by atoms with van der Waals surface area (Å²) in [6, 6.07) is 18.9. The number of aromatic nitrogens is 4. The second kappa shape index (κ2) is 19.4. The third-order valence-corrected chi connectivity index (χ3v) is 11.2. The smallest absolute Gasteiger partial charge is 0.265 e. The molecule has 11 heteroatoms. The van der Waals surface area contributed by atoms with Crippen molar-refractivity contribution in [3.63, 3.8) is 0 Å². The summed E-state index contributed by atoms with van der Waals surface area (Å²) >= 11 is 0. The summed E-state index contributed by atoms with van der Waals surface area (Å²) in [7, 11) is -4.07. The number of aryl methyl sites for hydroxylation is 2. The van der Waals surface area contributed by atoms with E-state index in [0.29, 0.717) is 47.4 Å². The van der Waals surface area contributed by atoms with Crippen LogP contribution in [0, 0.1) is 13.8 Å². The number of ether oxygens (including phenoxy) is 2. The first-order valence-corrected chi connectivity index (χ1v) is 21.7. The molecule has 0 radical (unpaired) electrons. The highest BCUT2D eigenvalue weighted by Gasteiger charge is 2.23. The van der Waals surface area contributed by atoms with Crippen molar-refractivity contribution in [3.8, 4) is 22.9 Å². The first-order chi connectivity index (χ1) is 26.4. The number of anilines is 3. The van der Waals surface area contributed by atoms with Gasteiger partial charge in [-0.2, -0.15) is 0 Å². The van der Waals surface area contributed by atoms with Gasteiger partial charge in [0.1, 0.15) is 16.4 Å². The van der Waals surface area contributed by atoms with E-state index in [2.05, 4.69) is 60.0 Å². The van der Waals surface area contributed by atoms with Crippen molar-refractivity contribution in [2.45, 2.75) is 136 Å². The molecule has 2 heterocycles. The lowest BCUT2D eigenvalue weighted by molar-refractivity contribution is 0.297. The molecule has 10 nitrogen and oxygen atoms in total. The van der Waals surface area contributed by atoms with E-state index in [0.717, 1.165) is 60.4 Å². The van der Waals surface area contributed by atoms with Crippen molar-refractivity contribution in [1.29, 1.82) is 0 Å². The molecule has 0 saturated heterocycles. The Labute approximate surface area is 328 Å². The van der Waals surface area contributed by atoms with Crippen molar-refractivity contribution in [2.24, 2.45) is 0 Å². The van der Waals surface area contributed by atoms with Gasteiger partial charge in [-0.15, -0.1) is 10.2 Å². The molecule has 3 aromatic carbocycles. The average Bonchev–Trinajstić information content (AvgIpc) is 3.74. The van der Waals surface area contributed by atoms with Gasteiger partial charge in [-0.25, -0.2) is 12.9 Å². The largest absolute Gasteiger partial charge is 0.492 e. The quantitative estimate of drug-likeness (QED) is 0.0599. The van der Waals surface area contributed by atoms with Crippen LogP contribution < -0.4 is 19.5 Å². The lowest BCUT2D eigenvalue weighted by Gasteiger charge is -2.18. The van der Waals surface area contributed by atoms with E-state index in [9.17, 15) is 8.42 Å². The fourth-order valence-corrected chi connectivity index (χ4v) is 7.82. The Morgan fingerprint density at radius 2 is 1.27 bits per heavy atom. The molecule has 0 aliphatic heterocycles. The summed E-state index contributed by atoms with van der Waals surface area (Å²) in [5.41, 5.74) is 5.93. The fourth-order valence-electron chi connectivity index (χ4n) is 6.55. The molecule has 0 unspecified atom stereocenters. The number of rotatable bonds is 22. The van der Waals surface area contributed by atoms with E-state index in [1.807, 2.05) is 54.8 Å². The van der Waals surface area contributed by atoms with Gasteiger partial charge in [0.25, 0.3) is 10.0 Å². The van der Waals surface area contributed by atoms with Gasteiger partial charge in [-0.1, -0.05) is 111 Å². The number of nitrogens with zero attached hydrogens (tertiary/aromatic N) is 3. The van der Waals surface area contributed by atoms with Gasteiger partial charge in [-0.3, -0.25) is 9.82 Å². The van der Waals surface area contributed by atoms with Crippen LogP contribution >= 0.6 is 0 Å². The molecule has 0 fully saturated rings. The number of fused-ring (bicyclic) bond motifs is 1. The number of benzene rings is 3. The van der Waals surface area contributed by atoms with Crippen LogP contribution in [0.1, 0.15) is 128 Å². The molecule has 5 aromatic rings. The minimum atomic E-state index is -4.07. The molecular formula is C44H62N6O4S. The maximum Gasteiger partial charge on any atom is 0.265 e. The Bertz CT molecular complexity index is 2100. The minimum absolute atomic E-state index is 0.103. The second-order valence-electron chi connectivity index (χ2n) is 15.8. The number of unbranched alkanes of at least 4 members (excludes halogenated alkanes) is 10. The second-order valence-corrected chi connectivity index (χ2v) is 17.5. The van der Waals surface area contributed by atoms with Crippen molar-refractivity contribution >= 4 is 32.7 Å². The summed E-state index contributed by atoms with van der Waals surface area (Å²) in [4.78, 5) is 0.103. The van der Waals surface area contributed by atoms with Gasteiger partial charge >= 0.3 is 0 Å². The summed E-state index contributed by atoms with van der Waals surface area (Å²) in [5.74, 6) is 1.63. The van der Waals surface area contributed by atoms with Crippen LogP contribution in [0.4, 0.5) is 17.1 Å². The summed E-state index contributed by atoms with van der Waals surface area (Å²) in [5, 5.41) is 16.0. The van der Waals surface area contributed by atoms with E-state index < -0.39 is 10.0 Å². The molecule has 3 N–H and O–H groups in total. The van der Waals surface area contributed by atoms with Gasteiger partial charge in [0.2, 0.25) is 0 Å². The van der Waals surface area contributed by atoms with Crippen LogP contribution in [0.25, 0.3) is 17.0 Å². The van der Waals surface area contributed by atoms with Crippen LogP contribution in [0.5, 0.6) is 11.5 Å². The zero-order chi connectivity index (χ0) is 39.4. The van der Waals surface area contributed by atoms with Gasteiger partial charge in [0, 0.05) is 28.4 Å². The molecule has 0 spiro atoms. The highest BCUT2D eigenvalue weighted by atomic mass is 32.2. The summed E-state index contributed by atoms with van der Waals surface area (Å²) in [6.07, 6.45) is 13.8. The van der Waals surface area contributed by atoms with Gasteiger partial charge in [0.05, 0.1) is 24.6 Å². The molecule has 0 aliphatic carbocycles. The monoisotopic (exact) mass is 770 g/mol. The topological polar surface area (TPSA) is 123 Å².